The Balaban J connectivity index is 2.78. The average Bonchev–Trinajstić information content (AvgIpc) is 2.47. The fourth-order valence-electron chi connectivity index (χ4n) is 1.29. The summed E-state index contributed by atoms with van der Waals surface area (Å²) in [4.78, 5) is 8.10. The molecule has 14 heavy (non-hydrogen) atoms. The fraction of sp³-hybridized carbons (Fsp3) is 0.333. The van der Waals surface area contributed by atoms with Crippen molar-refractivity contribution in [1.29, 1.82) is 0 Å². The summed E-state index contributed by atoms with van der Waals surface area (Å²) in [5.74, 6) is 0.422. The van der Waals surface area contributed by atoms with Gasteiger partial charge in [-0.25, -0.2) is 9.97 Å². The number of aromatic nitrogens is 2. The van der Waals surface area contributed by atoms with Crippen molar-refractivity contribution >= 4 is 44.8 Å². The molecule has 0 atom stereocenters. The van der Waals surface area contributed by atoms with Crippen LogP contribution < -0.4 is 0 Å². The van der Waals surface area contributed by atoms with Gasteiger partial charge in [0, 0.05) is 0 Å². The molecule has 0 amide bonds. The van der Waals surface area contributed by atoms with Crippen molar-refractivity contribution in [3.05, 3.63) is 21.4 Å². The van der Waals surface area contributed by atoms with Gasteiger partial charge in [0.1, 0.15) is 0 Å². The van der Waals surface area contributed by atoms with Crippen molar-refractivity contribution < 1.29 is 0 Å². The van der Waals surface area contributed by atoms with Crippen LogP contribution >= 0.6 is 34.5 Å². The van der Waals surface area contributed by atoms with Crippen LogP contribution in [0.1, 0.15) is 25.3 Å². The monoisotopic (exact) mass is 246 g/mol. The molecule has 0 aliphatic carbocycles. The zero-order valence-electron chi connectivity index (χ0n) is 7.71. The lowest BCUT2D eigenvalue weighted by Gasteiger charge is -2.01. The summed E-state index contributed by atoms with van der Waals surface area (Å²) in [7, 11) is 0. The molecule has 0 saturated heterocycles. The molecule has 0 fully saturated rings. The molecular weight excluding hydrogens is 239 g/mol. The molecule has 2 rings (SSSR count). The zero-order chi connectivity index (χ0) is 10.3. The lowest BCUT2D eigenvalue weighted by Crippen LogP contribution is -1.89. The highest BCUT2D eigenvalue weighted by molar-refractivity contribution is 7.18. The maximum atomic E-state index is 5.96. The number of hydrogen-bond donors (Lipinski definition) is 0. The van der Waals surface area contributed by atoms with Crippen molar-refractivity contribution in [3.8, 4) is 0 Å². The van der Waals surface area contributed by atoms with Crippen molar-refractivity contribution in [2.75, 3.05) is 0 Å². The van der Waals surface area contributed by atoms with E-state index in [-0.39, 0.29) is 5.28 Å². The second-order valence-electron chi connectivity index (χ2n) is 3.31. The Morgan fingerprint density at radius 1 is 1.29 bits per heavy atom. The van der Waals surface area contributed by atoms with Gasteiger partial charge in [0.2, 0.25) is 5.28 Å². The van der Waals surface area contributed by atoms with Gasteiger partial charge in [-0.1, -0.05) is 25.4 Å². The van der Waals surface area contributed by atoms with E-state index in [9.17, 15) is 0 Å². The highest BCUT2D eigenvalue weighted by atomic mass is 35.5. The summed E-state index contributed by atoms with van der Waals surface area (Å²) in [5, 5.41) is 2.71. The van der Waals surface area contributed by atoms with Crippen LogP contribution in [0.5, 0.6) is 0 Å². The molecule has 0 aliphatic rings. The predicted molar refractivity (Wildman–Crippen MR) is 61.5 cm³/mol. The molecule has 0 unspecified atom stereocenters. The van der Waals surface area contributed by atoms with Crippen LogP contribution in [0.25, 0.3) is 10.2 Å². The van der Waals surface area contributed by atoms with Crippen molar-refractivity contribution in [3.63, 3.8) is 0 Å². The molecule has 0 spiro atoms. The molecule has 0 N–H and O–H groups in total. The van der Waals surface area contributed by atoms with Gasteiger partial charge in [0.05, 0.1) is 10.2 Å². The van der Waals surface area contributed by atoms with Gasteiger partial charge >= 0.3 is 0 Å². The Labute approximate surface area is 95.9 Å². The Hall–Kier alpha value is -0.380. The standard InChI is InChI=1S/C9H8Cl2N2S/c1-4(2)5-3-14-7-6(5)12-9(11)13-8(7)10/h3-4H,1-2H3. The SMILES string of the molecule is CC(C)c1csc2c(Cl)nc(Cl)nc12. The first-order valence-electron chi connectivity index (χ1n) is 4.19. The summed E-state index contributed by atoms with van der Waals surface area (Å²) in [5.41, 5.74) is 2.06. The molecule has 0 aliphatic heterocycles. The lowest BCUT2D eigenvalue weighted by molar-refractivity contribution is 0.876. The Kier molecular flexibility index (Phi) is 2.64. The van der Waals surface area contributed by atoms with Crippen molar-refractivity contribution in [2.24, 2.45) is 0 Å². The zero-order valence-corrected chi connectivity index (χ0v) is 10.0. The lowest BCUT2D eigenvalue weighted by atomic mass is 10.1. The van der Waals surface area contributed by atoms with Crippen LogP contribution in [0.3, 0.4) is 0 Å². The fourth-order valence-corrected chi connectivity index (χ4v) is 2.85. The van der Waals surface area contributed by atoms with E-state index in [1.165, 1.54) is 5.56 Å². The molecule has 5 heteroatoms. The molecule has 2 nitrogen and oxygen atoms in total. The first-order valence-corrected chi connectivity index (χ1v) is 5.83. The molecule has 2 aromatic heterocycles. The highest BCUT2D eigenvalue weighted by Crippen LogP contribution is 2.33. The maximum Gasteiger partial charge on any atom is 0.224 e. The number of halogens is 2. The summed E-state index contributed by atoms with van der Waals surface area (Å²) in [6.07, 6.45) is 0. The van der Waals surface area contributed by atoms with E-state index in [1.54, 1.807) is 11.3 Å². The molecule has 0 saturated carbocycles. The van der Waals surface area contributed by atoms with E-state index in [0.29, 0.717) is 11.1 Å². The second kappa shape index (κ2) is 3.65. The second-order valence-corrected chi connectivity index (χ2v) is 4.88. The minimum Gasteiger partial charge on any atom is -0.217 e. The Morgan fingerprint density at radius 2 is 2.00 bits per heavy atom. The van der Waals surface area contributed by atoms with Crippen LogP contribution in [0.4, 0.5) is 0 Å². The van der Waals surface area contributed by atoms with E-state index < -0.39 is 0 Å². The summed E-state index contributed by atoms with van der Waals surface area (Å²) in [6, 6.07) is 0. The maximum absolute atomic E-state index is 5.96. The van der Waals surface area contributed by atoms with Crippen LogP contribution in [-0.2, 0) is 0 Å². The highest BCUT2D eigenvalue weighted by Gasteiger charge is 2.13. The Bertz CT molecular complexity index is 479. The van der Waals surface area contributed by atoms with Crippen molar-refractivity contribution in [1.82, 2.24) is 9.97 Å². The minimum atomic E-state index is 0.211. The summed E-state index contributed by atoms with van der Waals surface area (Å²) in [6.45, 7) is 4.23. The third-order valence-electron chi connectivity index (χ3n) is 2.00. The van der Waals surface area contributed by atoms with Gasteiger partial charge in [0.15, 0.2) is 5.15 Å². The van der Waals surface area contributed by atoms with Gasteiger partial charge < -0.3 is 0 Å². The van der Waals surface area contributed by atoms with Crippen LogP contribution in [0.15, 0.2) is 5.38 Å². The molecule has 2 aromatic rings. The van der Waals surface area contributed by atoms with Crippen LogP contribution in [-0.4, -0.2) is 9.97 Å². The number of rotatable bonds is 1. The summed E-state index contributed by atoms with van der Waals surface area (Å²) < 4.78 is 0.916. The van der Waals surface area contributed by atoms with Crippen LogP contribution in [0.2, 0.25) is 10.4 Å². The topological polar surface area (TPSA) is 25.8 Å². The first-order chi connectivity index (χ1) is 6.59. The van der Waals surface area contributed by atoms with E-state index in [0.717, 1.165) is 10.2 Å². The Morgan fingerprint density at radius 3 is 2.64 bits per heavy atom. The number of thiophene rings is 1. The third-order valence-corrected chi connectivity index (χ3v) is 3.54. The van der Waals surface area contributed by atoms with Crippen LogP contribution in [0, 0.1) is 0 Å². The minimum absolute atomic E-state index is 0.211. The van der Waals surface area contributed by atoms with E-state index in [4.69, 9.17) is 23.2 Å². The number of nitrogens with zero attached hydrogens (tertiary/aromatic N) is 2. The smallest absolute Gasteiger partial charge is 0.217 e. The molecular formula is C9H8Cl2N2S. The van der Waals surface area contributed by atoms with E-state index in [1.807, 2.05) is 0 Å². The molecule has 0 radical (unpaired) electrons. The molecule has 0 aromatic carbocycles. The quantitative estimate of drug-likeness (QED) is 0.559. The number of hydrogen-bond acceptors (Lipinski definition) is 3. The first kappa shape index (κ1) is 10.1. The predicted octanol–water partition coefficient (Wildman–Crippen LogP) is 4.12. The van der Waals surface area contributed by atoms with Gasteiger partial charge in [0.25, 0.3) is 0 Å². The van der Waals surface area contributed by atoms with E-state index >= 15 is 0 Å². The van der Waals surface area contributed by atoms with Gasteiger partial charge in [-0.3, -0.25) is 0 Å². The normalized spacial score (nSPS) is 11.5. The van der Waals surface area contributed by atoms with E-state index in [2.05, 4.69) is 29.2 Å². The molecule has 2 heterocycles. The number of fused-ring (bicyclic) bond motifs is 1. The van der Waals surface area contributed by atoms with Crippen molar-refractivity contribution in [2.45, 2.75) is 19.8 Å². The van der Waals surface area contributed by atoms with Gasteiger partial charge in [-0.05, 0) is 28.5 Å². The average molecular weight is 247 g/mol. The summed E-state index contributed by atoms with van der Waals surface area (Å²) >= 11 is 13.3. The third kappa shape index (κ3) is 1.60. The molecule has 0 bridgehead atoms. The largest absolute Gasteiger partial charge is 0.224 e. The van der Waals surface area contributed by atoms with Gasteiger partial charge in [-0.15, -0.1) is 11.3 Å². The van der Waals surface area contributed by atoms with Gasteiger partial charge in [-0.2, -0.15) is 0 Å². The molecule has 74 valence electrons.